The molecule has 22 heavy (non-hydrogen) atoms. The van der Waals surface area contributed by atoms with Crippen LogP contribution in [0.1, 0.15) is 35.9 Å². The lowest BCUT2D eigenvalue weighted by atomic mass is 10.1. The number of benzene rings is 1. The van der Waals surface area contributed by atoms with E-state index in [0.29, 0.717) is 17.1 Å². The number of carbonyl (C=O) groups is 1. The Morgan fingerprint density at radius 3 is 2.45 bits per heavy atom. The van der Waals surface area contributed by atoms with Crippen molar-refractivity contribution in [3.8, 4) is 11.5 Å². The third kappa shape index (κ3) is 3.05. The summed E-state index contributed by atoms with van der Waals surface area (Å²) in [4.78, 5) is 12.6. The number of hydrogen-bond donors (Lipinski definition) is 1. The van der Waals surface area contributed by atoms with E-state index in [0.717, 1.165) is 12.2 Å². The lowest BCUT2D eigenvalue weighted by molar-refractivity contribution is 0.0932. The van der Waals surface area contributed by atoms with Gasteiger partial charge in [-0.15, -0.1) is 0 Å². The largest absolute Gasteiger partial charge is 0.496 e. The Balaban J connectivity index is 2.26. The number of ether oxygens (including phenoxy) is 2. The van der Waals surface area contributed by atoms with Crippen molar-refractivity contribution in [3.05, 3.63) is 41.7 Å². The van der Waals surface area contributed by atoms with Gasteiger partial charge in [0.2, 0.25) is 0 Å². The van der Waals surface area contributed by atoms with Crippen LogP contribution < -0.4 is 14.8 Å². The Morgan fingerprint density at radius 2 is 1.91 bits per heavy atom. The zero-order valence-corrected chi connectivity index (χ0v) is 13.3. The molecule has 1 amide bonds. The molecular formula is C16H21N3O3. The highest BCUT2D eigenvalue weighted by molar-refractivity contribution is 5.99. The van der Waals surface area contributed by atoms with Crippen LogP contribution in [0.15, 0.2) is 30.5 Å². The number of rotatable bonds is 6. The van der Waals surface area contributed by atoms with E-state index in [1.54, 1.807) is 24.4 Å². The van der Waals surface area contributed by atoms with Gasteiger partial charge in [0.05, 0.1) is 26.0 Å². The molecule has 0 aliphatic heterocycles. The second-order valence-corrected chi connectivity index (χ2v) is 4.80. The van der Waals surface area contributed by atoms with Gasteiger partial charge in [0.25, 0.3) is 5.91 Å². The van der Waals surface area contributed by atoms with Crippen LogP contribution in [0.2, 0.25) is 0 Å². The minimum Gasteiger partial charge on any atom is -0.496 e. The number of nitrogens with zero attached hydrogens (tertiary/aromatic N) is 2. The zero-order valence-electron chi connectivity index (χ0n) is 13.3. The summed E-state index contributed by atoms with van der Waals surface area (Å²) < 4.78 is 12.4. The van der Waals surface area contributed by atoms with Gasteiger partial charge in [-0.3, -0.25) is 9.48 Å². The van der Waals surface area contributed by atoms with E-state index < -0.39 is 0 Å². The molecule has 6 heteroatoms. The third-order valence-corrected chi connectivity index (χ3v) is 3.50. The van der Waals surface area contributed by atoms with Gasteiger partial charge in [-0.1, -0.05) is 6.07 Å². The Bertz CT molecular complexity index is 630. The molecule has 2 rings (SSSR count). The average molecular weight is 303 g/mol. The summed E-state index contributed by atoms with van der Waals surface area (Å²) in [6.07, 6.45) is 1.73. The molecule has 1 heterocycles. The van der Waals surface area contributed by atoms with Gasteiger partial charge < -0.3 is 14.8 Å². The summed E-state index contributed by atoms with van der Waals surface area (Å²) in [6.45, 7) is 4.68. The van der Waals surface area contributed by atoms with E-state index in [2.05, 4.69) is 10.4 Å². The molecule has 0 fully saturated rings. The summed E-state index contributed by atoms with van der Waals surface area (Å²) in [5, 5.41) is 7.18. The lowest BCUT2D eigenvalue weighted by Gasteiger charge is -2.18. The van der Waals surface area contributed by atoms with Gasteiger partial charge in [0, 0.05) is 12.7 Å². The molecule has 1 N–H and O–H groups in total. The first-order valence-electron chi connectivity index (χ1n) is 7.15. The van der Waals surface area contributed by atoms with Gasteiger partial charge in [-0.05, 0) is 32.0 Å². The van der Waals surface area contributed by atoms with Crippen LogP contribution >= 0.6 is 0 Å². The monoisotopic (exact) mass is 303 g/mol. The molecule has 1 unspecified atom stereocenters. The first-order chi connectivity index (χ1) is 10.6. The van der Waals surface area contributed by atoms with Gasteiger partial charge in [0.15, 0.2) is 0 Å². The Kier molecular flexibility index (Phi) is 5.04. The molecule has 0 bridgehead atoms. The minimum absolute atomic E-state index is 0.176. The van der Waals surface area contributed by atoms with Gasteiger partial charge in [0.1, 0.15) is 17.1 Å². The maximum Gasteiger partial charge on any atom is 0.259 e. The molecule has 0 spiro atoms. The smallest absolute Gasteiger partial charge is 0.259 e. The SMILES string of the molecule is CCn1nccc1C(C)NC(=O)c1c(OC)cccc1OC. The highest BCUT2D eigenvalue weighted by Crippen LogP contribution is 2.28. The highest BCUT2D eigenvalue weighted by atomic mass is 16.5. The first kappa shape index (κ1) is 15.9. The van der Waals surface area contributed by atoms with Crippen molar-refractivity contribution in [2.45, 2.75) is 26.4 Å². The molecule has 0 aliphatic rings. The van der Waals surface area contributed by atoms with E-state index in [1.165, 1.54) is 14.2 Å². The van der Waals surface area contributed by atoms with Gasteiger partial charge in [-0.25, -0.2) is 0 Å². The number of methoxy groups -OCH3 is 2. The number of hydrogen-bond acceptors (Lipinski definition) is 4. The number of carbonyl (C=O) groups excluding carboxylic acids is 1. The normalized spacial score (nSPS) is 11.8. The van der Waals surface area contributed by atoms with Crippen molar-refractivity contribution in [2.24, 2.45) is 0 Å². The molecular weight excluding hydrogens is 282 g/mol. The average Bonchev–Trinajstić information content (AvgIpc) is 3.02. The van der Waals surface area contributed by atoms with Crippen LogP contribution in [0.25, 0.3) is 0 Å². The van der Waals surface area contributed by atoms with E-state index in [1.807, 2.05) is 24.6 Å². The Morgan fingerprint density at radius 1 is 1.27 bits per heavy atom. The van der Waals surface area contributed by atoms with Crippen molar-refractivity contribution in [1.82, 2.24) is 15.1 Å². The summed E-state index contributed by atoms with van der Waals surface area (Å²) >= 11 is 0. The molecule has 118 valence electrons. The second-order valence-electron chi connectivity index (χ2n) is 4.80. The molecule has 1 aromatic carbocycles. The van der Waals surface area contributed by atoms with Crippen LogP contribution in [0.3, 0.4) is 0 Å². The van der Waals surface area contributed by atoms with Crippen LogP contribution in [-0.2, 0) is 6.54 Å². The van der Waals surface area contributed by atoms with Gasteiger partial charge >= 0.3 is 0 Å². The lowest BCUT2D eigenvalue weighted by Crippen LogP contribution is -2.29. The van der Waals surface area contributed by atoms with Crippen LogP contribution in [0.4, 0.5) is 0 Å². The van der Waals surface area contributed by atoms with E-state index in [-0.39, 0.29) is 11.9 Å². The van der Waals surface area contributed by atoms with Crippen LogP contribution in [0, 0.1) is 0 Å². The van der Waals surface area contributed by atoms with E-state index in [9.17, 15) is 4.79 Å². The van der Waals surface area contributed by atoms with Crippen molar-refractivity contribution in [1.29, 1.82) is 0 Å². The fourth-order valence-electron chi connectivity index (χ4n) is 2.39. The molecule has 6 nitrogen and oxygen atoms in total. The summed E-state index contributed by atoms with van der Waals surface area (Å²) in [5.41, 5.74) is 1.34. The number of aryl methyl sites for hydroxylation is 1. The second kappa shape index (κ2) is 6.98. The van der Waals surface area contributed by atoms with Crippen molar-refractivity contribution < 1.29 is 14.3 Å². The molecule has 2 aromatic rings. The topological polar surface area (TPSA) is 65.4 Å². The van der Waals surface area contributed by atoms with Crippen molar-refractivity contribution in [3.63, 3.8) is 0 Å². The standard InChI is InChI=1S/C16H21N3O3/c1-5-19-12(9-10-17-19)11(2)18-16(20)15-13(21-3)7-6-8-14(15)22-4/h6-11H,5H2,1-4H3,(H,18,20). The molecule has 1 aromatic heterocycles. The maximum atomic E-state index is 12.6. The zero-order chi connectivity index (χ0) is 16.1. The van der Waals surface area contributed by atoms with Crippen molar-refractivity contribution in [2.75, 3.05) is 14.2 Å². The quantitative estimate of drug-likeness (QED) is 0.890. The molecule has 0 saturated carbocycles. The molecule has 0 saturated heterocycles. The summed E-state index contributed by atoms with van der Waals surface area (Å²) in [6, 6.07) is 6.97. The Hall–Kier alpha value is -2.50. The van der Waals surface area contributed by atoms with E-state index in [4.69, 9.17) is 9.47 Å². The predicted octanol–water partition coefficient (Wildman–Crippen LogP) is 2.41. The first-order valence-corrected chi connectivity index (χ1v) is 7.15. The number of nitrogens with one attached hydrogen (secondary N) is 1. The maximum absolute atomic E-state index is 12.6. The van der Waals surface area contributed by atoms with Crippen LogP contribution in [0.5, 0.6) is 11.5 Å². The fraction of sp³-hybridized carbons (Fsp3) is 0.375. The van der Waals surface area contributed by atoms with Gasteiger partial charge in [-0.2, -0.15) is 5.10 Å². The van der Waals surface area contributed by atoms with Crippen molar-refractivity contribution >= 4 is 5.91 Å². The third-order valence-electron chi connectivity index (χ3n) is 3.50. The number of aromatic nitrogens is 2. The molecule has 1 atom stereocenters. The Labute approximate surface area is 130 Å². The summed E-state index contributed by atoms with van der Waals surface area (Å²) in [7, 11) is 3.06. The van der Waals surface area contributed by atoms with E-state index >= 15 is 0 Å². The fourth-order valence-corrected chi connectivity index (χ4v) is 2.39. The number of amides is 1. The molecule has 0 radical (unpaired) electrons. The predicted molar refractivity (Wildman–Crippen MR) is 83.3 cm³/mol. The van der Waals surface area contributed by atoms with Crippen LogP contribution in [-0.4, -0.2) is 29.9 Å². The highest BCUT2D eigenvalue weighted by Gasteiger charge is 2.21. The molecule has 0 aliphatic carbocycles. The summed E-state index contributed by atoms with van der Waals surface area (Å²) in [5.74, 6) is 0.715. The minimum atomic E-state index is -0.245.